The second-order valence-corrected chi connectivity index (χ2v) is 8.20. The average Bonchev–Trinajstić information content (AvgIpc) is 3.09. The molecule has 3 aromatic rings. The molecule has 3 rings (SSSR count). The second-order valence-electron chi connectivity index (χ2n) is 6.16. The zero-order valence-electron chi connectivity index (χ0n) is 15.0. The molecule has 2 aromatic carbocycles. The van der Waals surface area contributed by atoms with Crippen LogP contribution in [0.25, 0.3) is 0 Å². The van der Waals surface area contributed by atoms with Crippen molar-refractivity contribution in [2.75, 3.05) is 12.4 Å². The van der Waals surface area contributed by atoms with Gasteiger partial charge in [-0.3, -0.25) is 4.79 Å². The third-order valence-electron chi connectivity index (χ3n) is 4.14. The first-order valence-electron chi connectivity index (χ1n) is 8.34. The number of furan rings is 1. The number of anilines is 1. The summed E-state index contributed by atoms with van der Waals surface area (Å²) in [6.07, 6.45) is 1.45. The molecule has 7 heteroatoms. The Balaban J connectivity index is 1.72. The predicted molar refractivity (Wildman–Crippen MR) is 103 cm³/mol. The van der Waals surface area contributed by atoms with E-state index >= 15 is 0 Å². The summed E-state index contributed by atoms with van der Waals surface area (Å²) in [7, 11) is -2.09. The van der Waals surface area contributed by atoms with Crippen LogP contribution in [0.5, 0.6) is 0 Å². The number of nitrogens with zero attached hydrogens (tertiary/aromatic N) is 1. The van der Waals surface area contributed by atoms with Gasteiger partial charge in [-0.15, -0.1) is 0 Å². The van der Waals surface area contributed by atoms with E-state index in [-0.39, 0.29) is 23.1 Å². The first-order chi connectivity index (χ1) is 12.9. The third kappa shape index (κ3) is 4.27. The summed E-state index contributed by atoms with van der Waals surface area (Å²) in [4.78, 5) is 12.3. The van der Waals surface area contributed by atoms with Crippen LogP contribution in [0.2, 0.25) is 0 Å². The fourth-order valence-electron chi connectivity index (χ4n) is 2.61. The summed E-state index contributed by atoms with van der Waals surface area (Å²) >= 11 is 0. The van der Waals surface area contributed by atoms with E-state index in [1.807, 2.05) is 30.3 Å². The number of carbonyl (C=O) groups is 1. The molecule has 0 aliphatic carbocycles. The molecule has 0 aliphatic heterocycles. The molecule has 0 spiro atoms. The molecule has 1 heterocycles. The van der Waals surface area contributed by atoms with Gasteiger partial charge in [0.2, 0.25) is 10.0 Å². The van der Waals surface area contributed by atoms with Crippen LogP contribution in [-0.4, -0.2) is 25.7 Å². The Bertz CT molecular complexity index is 1030. The Kier molecular flexibility index (Phi) is 5.43. The van der Waals surface area contributed by atoms with E-state index in [0.717, 1.165) is 11.1 Å². The lowest BCUT2D eigenvalue weighted by molar-refractivity contribution is 0.0996. The van der Waals surface area contributed by atoms with Gasteiger partial charge in [0.25, 0.3) is 5.91 Å². The largest absolute Gasteiger partial charge is 0.459 e. The van der Waals surface area contributed by atoms with Crippen molar-refractivity contribution in [2.24, 2.45) is 0 Å². The van der Waals surface area contributed by atoms with Crippen LogP contribution in [0, 0.1) is 6.92 Å². The van der Waals surface area contributed by atoms with E-state index < -0.39 is 10.0 Å². The van der Waals surface area contributed by atoms with Gasteiger partial charge in [-0.25, -0.2) is 8.42 Å². The Morgan fingerprint density at radius 1 is 1.04 bits per heavy atom. The first kappa shape index (κ1) is 18.9. The maximum Gasteiger partial charge on any atom is 0.291 e. The lowest BCUT2D eigenvalue weighted by atomic mass is 10.2. The number of nitrogens with one attached hydrogen (secondary N) is 1. The lowest BCUT2D eigenvalue weighted by Gasteiger charge is -2.17. The van der Waals surface area contributed by atoms with Crippen molar-refractivity contribution in [3.8, 4) is 0 Å². The summed E-state index contributed by atoms with van der Waals surface area (Å²) in [5.74, 6) is -0.149. The molecule has 1 amide bonds. The number of aryl methyl sites for hydroxylation is 1. The summed E-state index contributed by atoms with van der Waals surface area (Å²) < 4.78 is 31.9. The molecule has 0 saturated carbocycles. The number of hydrogen-bond acceptors (Lipinski definition) is 4. The highest BCUT2D eigenvalue weighted by Crippen LogP contribution is 2.20. The molecule has 0 bridgehead atoms. The number of carbonyl (C=O) groups excluding carboxylic acids is 1. The van der Waals surface area contributed by atoms with Crippen LogP contribution >= 0.6 is 0 Å². The van der Waals surface area contributed by atoms with Gasteiger partial charge in [0.1, 0.15) is 0 Å². The highest BCUT2D eigenvalue weighted by Gasteiger charge is 2.21. The van der Waals surface area contributed by atoms with Crippen molar-refractivity contribution in [2.45, 2.75) is 18.4 Å². The maximum atomic E-state index is 12.7. The number of benzene rings is 2. The molecule has 0 radical (unpaired) electrons. The Labute approximate surface area is 158 Å². The van der Waals surface area contributed by atoms with Crippen LogP contribution in [-0.2, 0) is 16.6 Å². The van der Waals surface area contributed by atoms with Crippen molar-refractivity contribution in [3.05, 3.63) is 83.8 Å². The summed E-state index contributed by atoms with van der Waals surface area (Å²) in [5, 5.41) is 2.69. The molecule has 6 nitrogen and oxygen atoms in total. The third-order valence-corrected chi connectivity index (χ3v) is 5.95. The van der Waals surface area contributed by atoms with E-state index in [4.69, 9.17) is 4.42 Å². The molecule has 1 N–H and O–H groups in total. The lowest BCUT2D eigenvalue weighted by Crippen LogP contribution is -2.26. The summed E-state index contributed by atoms with van der Waals surface area (Å²) in [5.41, 5.74) is 2.12. The second kappa shape index (κ2) is 7.77. The molecule has 0 saturated heterocycles. The van der Waals surface area contributed by atoms with Crippen molar-refractivity contribution < 1.29 is 17.6 Å². The zero-order valence-corrected chi connectivity index (χ0v) is 15.9. The number of rotatable bonds is 6. The summed E-state index contributed by atoms with van der Waals surface area (Å²) in [6.45, 7) is 2.05. The minimum atomic E-state index is -3.63. The molecular formula is C20H20N2O4S. The number of amides is 1. The van der Waals surface area contributed by atoms with Gasteiger partial charge in [0.15, 0.2) is 5.76 Å². The van der Waals surface area contributed by atoms with Crippen molar-refractivity contribution in [1.29, 1.82) is 0 Å². The van der Waals surface area contributed by atoms with Crippen LogP contribution in [0.3, 0.4) is 0 Å². The smallest absolute Gasteiger partial charge is 0.291 e. The number of hydrogen-bond donors (Lipinski definition) is 1. The van der Waals surface area contributed by atoms with Gasteiger partial charge in [0.05, 0.1) is 11.2 Å². The van der Waals surface area contributed by atoms with Gasteiger partial charge in [-0.1, -0.05) is 30.3 Å². The van der Waals surface area contributed by atoms with Crippen molar-refractivity contribution in [1.82, 2.24) is 4.31 Å². The van der Waals surface area contributed by atoms with Gasteiger partial charge in [-0.05, 0) is 42.8 Å². The molecule has 0 aliphatic rings. The van der Waals surface area contributed by atoms with Crippen LogP contribution in [0.1, 0.15) is 21.7 Å². The maximum absolute atomic E-state index is 12.7. The minimum Gasteiger partial charge on any atom is -0.459 e. The minimum absolute atomic E-state index is 0.160. The Morgan fingerprint density at radius 3 is 2.30 bits per heavy atom. The van der Waals surface area contributed by atoms with E-state index in [1.165, 1.54) is 29.7 Å². The highest BCUT2D eigenvalue weighted by molar-refractivity contribution is 7.89. The molecule has 27 heavy (non-hydrogen) atoms. The summed E-state index contributed by atoms with van der Waals surface area (Å²) in [6, 6.07) is 17.1. The zero-order chi connectivity index (χ0) is 19.4. The van der Waals surface area contributed by atoms with Gasteiger partial charge < -0.3 is 9.73 Å². The topological polar surface area (TPSA) is 79.6 Å². The van der Waals surface area contributed by atoms with E-state index in [0.29, 0.717) is 5.69 Å². The Hall–Kier alpha value is -2.90. The molecular weight excluding hydrogens is 364 g/mol. The van der Waals surface area contributed by atoms with E-state index in [9.17, 15) is 13.2 Å². The van der Waals surface area contributed by atoms with Crippen LogP contribution in [0.15, 0.2) is 76.2 Å². The van der Waals surface area contributed by atoms with Crippen LogP contribution < -0.4 is 5.32 Å². The van der Waals surface area contributed by atoms with E-state index in [2.05, 4.69) is 5.32 Å². The van der Waals surface area contributed by atoms with Gasteiger partial charge in [-0.2, -0.15) is 4.31 Å². The van der Waals surface area contributed by atoms with Crippen molar-refractivity contribution in [3.63, 3.8) is 0 Å². The highest BCUT2D eigenvalue weighted by atomic mass is 32.2. The average molecular weight is 384 g/mol. The molecule has 0 atom stereocenters. The standard InChI is InChI=1S/C20H20N2O4S/c1-15-12-13-26-19(15)20(23)21-17-8-10-18(11-9-17)27(24,25)22(2)14-16-6-4-3-5-7-16/h3-13H,14H2,1-2H3,(H,21,23). The SMILES string of the molecule is Cc1ccoc1C(=O)Nc1ccc(S(=O)(=O)N(C)Cc2ccccc2)cc1. The molecule has 140 valence electrons. The van der Waals surface area contributed by atoms with Gasteiger partial charge in [0, 0.05) is 24.8 Å². The quantitative estimate of drug-likeness (QED) is 0.703. The van der Waals surface area contributed by atoms with Gasteiger partial charge >= 0.3 is 0 Å². The predicted octanol–water partition coefficient (Wildman–Crippen LogP) is 3.66. The fourth-order valence-corrected chi connectivity index (χ4v) is 3.77. The molecule has 0 unspecified atom stereocenters. The normalized spacial score (nSPS) is 11.5. The first-order valence-corrected chi connectivity index (χ1v) is 9.78. The molecule has 1 aromatic heterocycles. The molecule has 0 fully saturated rings. The van der Waals surface area contributed by atoms with Crippen LogP contribution in [0.4, 0.5) is 5.69 Å². The number of sulfonamides is 1. The Morgan fingerprint density at radius 2 is 1.70 bits per heavy atom. The monoisotopic (exact) mass is 384 g/mol. The van der Waals surface area contributed by atoms with Crippen molar-refractivity contribution >= 4 is 21.6 Å². The van der Waals surface area contributed by atoms with E-state index in [1.54, 1.807) is 25.1 Å². The fraction of sp³-hybridized carbons (Fsp3) is 0.150.